The maximum atomic E-state index is 11.7. The number of carboxylic acid groups (broad SMARTS) is 1. The molecule has 0 bridgehead atoms. The van der Waals surface area contributed by atoms with Crippen molar-refractivity contribution in [2.45, 2.75) is 51.1 Å². The van der Waals surface area contributed by atoms with Gasteiger partial charge in [-0.2, -0.15) is 0 Å². The van der Waals surface area contributed by atoms with E-state index < -0.39 is 5.97 Å². The van der Waals surface area contributed by atoms with E-state index in [1.165, 1.54) is 6.42 Å². The molecule has 1 fully saturated rings. The van der Waals surface area contributed by atoms with E-state index in [9.17, 15) is 9.59 Å². The lowest BCUT2D eigenvalue weighted by Crippen LogP contribution is -2.45. The topological polar surface area (TPSA) is 81.7 Å². The summed E-state index contributed by atoms with van der Waals surface area (Å²) in [5.74, 6) is -0.791. The second-order valence-corrected chi connectivity index (χ2v) is 5.32. The number of likely N-dealkylation sites (tertiary alicyclic amines) is 1. The molecule has 19 heavy (non-hydrogen) atoms. The molecular formula is C13H25N3O3. The van der Waals surface area contributed by atoms with Gasteiger partial charge in [-0.25, -0.2) is 4.79 Å². The van der Waals surface area contributed by atoms with Gasteiger partial charge in [-0.05, 0) is 46.2 Å². The molecule has 2 amide bonds. The number of nitrogens with one attached hydrogen (secondary N) is 2. The summed E-state index contributed by atoms with van der Waals surface area (Å²) in [6.45, 7) is 3.66. The molecule has 1 aliphatic rings. The third kappa shape index (κ3) is 6.42. The van der Waals surface area contributed by atoms with Crippen molar-refractivity contribution in [1.82, 2.24) is 15.5 Å². The molecule has 0 spiro atoms. The highest BCUT2D eigenvalue weighted by Gasteiger charge is 2.21. The van der Waals surface area contributed by atoms with Crippen LogP contribution >= 0.6 is 0 Å². The van der Waals surface area contributed by atoms with Crippen LogP contribution in [0.4, 0.5) is 4.79 Å². The number of carboxylic acids is 1. The van der Waals surface area contributed by atoms with E-state index in [-0.39, 0.29) is 18.5 Å². The molecule has 1 aliphatic heterocycles. The maximum absolute atomic E-state index is 11.7. The number of rotatable bonds is 7. The minimum atomic E-state index is -0.791. The van der Waals surface area contributed by atoms with Crippen molar-refractivity contribution < 1.29 is 14.7 Å². The number of aliphatic carboxylic acids is 1. The zero-order valence-electron chi connectivity index (χ0n) is 11.8. The molecule has 0 saturated carbocycles. The molecule has 0 aliphatic carbocycles. The van der Waals surface area contributed by atoms with Crippen molar-refractivity contribution >= 4 is 12.0 Å². The number of hydrogen-bond acceptors (Lipinski definition) is 3. The summed E-state index contributed by atoms with van der Waals surface area (Å²) in [5.41, 5.74) is 0. The van der Waals surface area contributed by atoms with Crippen LogP contribution in [0.1, 0.15) is 39.0 Å². The molecule has 1 heterocycles. The fourth-order valence-electron chi connectivity index (χ4n) is 2.35. The summed E-state index contributed by atoms with van der Waals surface area (Å²) in [6, 6.07) is 0.275. The second kappa shape index (κ2) is 7.99. The Morgan fingerprint density at radius 2 is 2.21 bits per heavy atom. The van der Waals surface area contributed by atoms with Crippen LogP contribution in [-0.2, 0) is 4.79 Å². The normalized spacial score (nSPS) is 21.1. The molecule has 3 N–H and O–H groups in total. The number of urea groups is 1. The Morgan fingerprint density at radius 1 is 1.47 bits per heavy atom. The molecule has 2 atom stereocenters. The highest BCUT2D eigenvalue weighted by Crippen LogP contribution is 2.13. The van der Waals surface area contributed by atoms with Crippen LogP contribution in [0.25, 0.3) is 0 Å². The highest BCUT2D eigenvalue weighted by molar-refractivity contribution is 5.74. The van der Waals surface area contributed by atoms with E-state index in [4.69, 9.17) is 5.11 Å². The molecule has 0 aromatic carbocycles. The van der Waals surface area contributed by atoms with Crippen molar-refractivity contribution in [1.29, 1.82) is 0 Å². The lowest BCUT2D eigenvalue weighted by atomic mass is 10.1. The first kappa shape index (κ1) is 15.8. The monoisotopic (exact) mass is 271 g/mol. The SMILES string of the molecule is CC(CCCC(=O)O)NC(=O)NCC1CCCN1C. The van der Waals surface area contributed by atoms with Gasteiger partial charge in [-0.15, -0.1) is 0 Å². The standard InChI is InChI=1S/C13H25N3O3/c1-10(5-3-7-12(17)18)15-13(19)14-9-11-6-4-8-16(11)2/h10-11H,3-9H2,1-2H3,(H,17,18)(H2,14,15,19). The first-order chi connectivity index (χ1) is 8.99. The van der Waals surface area contributed by atoms with E-state index in [0.717, 1.165) is 13.0 Å². The van der Waals surface area contributed by atoms with Crippen molar-refractivity contribution in [2.75, 3.05) is 20.1 Å². The van der Waals surface area contributed by atoms with Gasteiger partial charge in [-0.3, -0.25) is 4.79 Å². The predicted octanol–water partition coefficient (Wildman–Crippen LogP) is 1.02. The number of carbonyl (C=O) groups is 2. The molecule has 6 nitrogen and oxygen atoms in total. The van der Waals surface area contributed by atoms with Gasteiger partial charge in [0.25, 0.3) is 0 Å². The summed E-state index contributed by atoms with van der Waals surface area (Å²) >= 11 is 0. The van der Waals surface area contributed by atoms with Crippen molar-refractivity contribution in [3.63, 3.8) is 0 Å². The quantitative estimate of drug-likeness (QED) is 0.646. The molecule has 1 saturated heterocycles. The Kier molecular flexibility index (Phi) is 6.62. The van der Waals surface area contributed by atoms with E-state index >= 15 is 0 Å². The number of likely N-dealkylation sites (N-methyl/N-ethyl adjacent to an activating group) is 1. The smallest absolute Gasteiger partial charge is 0.315 e. The van der Waals surface area contributed by atoms with Gasteiger partial charge in [-0.1, -0.05) is 0 Å². The molecule has 0 aromatic heterocycles. The molecule has 2 unspecified atom stereocenters. The predicted molar refractivity (Wildman–Crippen MR) is 73.1 cm³/mol. The van der Waals surface area contributed by atoms with Gasteiger partial charge < -0.3 is 20.6 Å². The van der Waals surface area contributed by atoms with Gasteiger partial charge in [0.2, 0.25) is 0 Å². The van der Waals surface area contributed by atoms with Gasteiger partial charge in [0.15, 0.2) is 0 Å². The number of carbonyl (C=O) groups excluding carboxylic acids is 1. The third-order valence-corrected chi connectivity index (χ3v) is 3.58. The van der Waals surface area contributed by atoms with Crippen LogP contribution in [0.15, 0.2) is 0 Å². The van der Waals surface area contributed by atoms with E-state index in [1.54, 1.807) is 0 Å². The minimum absolute atomic E-state index is 0.000609. The van der Waals surface area contributed by atoms with E-state index in [0.29, 0.717) is 25.4 Å². The molecule has 110 valence electrons. The lowest BCUT2D eigenvalue weighted by Gasteiger charge is -2.21. The van der Waals surface area contributed by atoms with Gasteiger partial charge in [0.1, 0.15) is 0 Å². The Morgan fingerprint density at radius 3 is 2.79 bits per heavy atom. The van der Waals surface area contributed by atoms with E-state index in [1.807, 2.05) is 6.92 Å². The largest absolute Gasteiger partial charge is 0.481 e. The number of nitrogens with zero attached hydrogens (tertiary/aromatic N) is 1. The van der Waals surface area contributed by atoms with Crippen LogP contribution in [-0.4, -0.2) is 54.2 Å². The third-order valence-electron chi connectivity index (χ3n) is 3.58. The van der Waals surface area contributed by atoms with Crippen LogP contribution in [0.3, 0.4) is 0 Å². The van der Waals surface area contributed by atoms with Gasteiger partial charge >= 0.3 is 12.0 Å². The zero-order chi connectivity index (χ0) is 14.3. The summed E-state index contributed by atoms with van der Waals surface area (Å²) < 4.78 is 0. The average Bonchev–Trinajstić information content (AvgIpc) is 2.71. The summed E-state index contributed by atoms with van der Waals surface area (Å²) in [5, 5.41) is 14.2. The highest BCUT2D eigenvalue weighted by atomic mass is 16.4. The second-order valence-electron chi connectivity index (χ2n) is 5.32. The molecule has 0 aromatic rings. The number of hydrogen-bond donors (Lipinski definition) is 3. The number of amides is 2. The van der Waals surface area contributed by atoms with Crippen molar-refractivity contribution in [3.05, 3.63) is 0 Å². The fourth-order valence-corrected chi connectivity index (χ4v) is 2.35. The van der Waals surface area contributed by atoms with Crippen LogP contribution in [0.2, 0.25) is 0 Å². The van der Waals surface area contributed by atoms with Crippen LogP contribution < -0.4 is 10.6 Å². The first-order valence-corrected chi connectivity index (χ1v) is 6.95. The summed E-state index contributed by atoms with van der Waals surface area (Å²) in [6.07, 6.45) is 3.74. The average molecular weight is 271 g/mol. The Labute approximate surface area is 114 Å². The van der Waals surface area contributed by atoms with Crippen LogP contribution in [0, 0.1) is 0 Å². The Bertz CT molecular complexity index is 310. The molecule has 6 heteroatoms. The lowest BCUT2D eigenvalue weighted by molar-refractivity contribution is -0.137. The Balaban J connectivity index is 2.10. The summed E-state index contributed by atoms with van der Waals surface area (Å²) in [4.78, 5) is 24.3. The maximum Gasteiger partial charge on any atom is 0.315 e. The van der Waals surface area contributed by atoms with E-state index in [2.05, 4.69) is 22.6 Å². The van der Waals surface area contributed by atoms with Gasteiger partial charge in [0.05, 0.1) is 0 Å². The minimum Gasteiger partial charge on any atom is -0.481 e. The van der Waals surface area contributed by atoms with Crippen molar-refractivity contribution in [2.24, 2.45) is 0 Å². The molecule has 0 radical (unpaired) electrons. The Hall–Kier alpha value is -1.30. The molecular weight excluding hydrogens is 246 g/mol. The van der Waals surface area contributed by atoms with Crippen molar-refractivity contribution in [3.8, 4) is 0 Å². The first-order valence-electron chi connectivity index (χ1n) is 6.95. The summed E-state index contributed by atoms with van der Waals surface area (Å²) in [7, 11) is 2.08. The zero-order valence-corrected chi connectivity index (χ0v) is 11.8. The van der Waals surface area contributed by atoms with Gasteiger partial charge in [0, 0.05) is 25.0 Å². The fraction of sp³-hybridized carbons (Fsp3) is 0.846. The van der Waals surface area contributed by atoms with Crippen LogP contribution in [0.5, 0.6) is 0 Å². The molecule has 1 rings (SSSR count).